The molecular formula is C23H28O4S. The molecule has 0 radical (unpaired) electrons. The van der Waals surface area contributed by atoms with E-state index in [1.54, 1.807) is 30.3 Å². The average molecular weight is 401 g/mol. The number of sulfone groups is 1. The third-order valence-electron chi connectivity index (χ3n) is 5.95. The zero-order chi connectivity index (χ0) is 20.5. The molecule has 2 atom stereocenters. The molecule has 0 amide bonds. The Balaban J connectivity index is 1.99. The average Bonchev–Trinajstić information content (AvgIpc) is 3.12. The largest absolute Gasteiger partial charge is 0.472 e. The number of carbonyl (C=O) groups excluding carboxylic acids is 1. The first-order valence-electron chi connectivity index (χ1n) is 9.65. The van der Waals surface area contributed by atoms with Crippen LogP contribution in [0.15, 0.2) is 63.8 Å². The van der Waals surface area contributed by atoms with Crippen molar-refractivity contribution in [1.82, 2.24) is 0 Å². The minimum Gasteiger partial charge on any atom is -0.472 e. The fourth-order valence-corrected chi connectivity index (χ4v) is 5.90. The summed E-state index contributed by atoms with van der Waals surface area (Å²) in [5.41, 5.74) is 2.49. The number of benzene rings is 1. The standard InChI is InChI=1S/C23H28O4S/c1-16-7-9-19(10-8-16)28(25,26)22(18-11-13-27-15-18)21(24)14-20-17(2)6-5-12-23(20,3)4/h6-11,13,15,20,22H,5,12,14H2,1-4H3. The molecule has 5 heteroatoms. The summed E-state index contributed by atoms with van der Waals surface area (Å²) < 4.78 is 31.9. The van der Waals surface area contributed by atoms with Gasteiger partial charge in [-0.25, -0.2) is 8.42 Å². The lowest BCUT2D eigenvalue weighted by atomic mass is 9.66. The van der Waals surface area contributed by atoms with E-state index in [1.165, 1.54) is 18.1 Å². The maximum atomic E-state index is 13.4. The van der Waals surface area contributed by atoms with Crippen LogP contribution in [0.25, 0.3) is 0 Å². The summed E-state index contributed by atoms with van der Waals surface area (Å²) in [6.45, 7) is 8.25. The molecule has 28 heavy (non-hydrogen) atoms. The number of hydrogen-bond donors (Lipinski definition) is 0. The molecule has 0 bridgehead atoms. The Hall–Kier alpha value is -2.14. The van der Waals surface area contributed by atoms with E-state index in [4.69, 9.17) is 4.42 Å². The van der Waals surface area contributed by atoms with Gasteiger partial charge in [0.25, 0.3) is 0 Å². The third kappa shape index (κ3) is 4.00. The summed E-state index contributed by atoms with van der Waals surface area (Å²) in [7, 11) is -3.87. The first kappa shape index (κ1) is 20.6. The van der Waals surface area contributed by atoms with Crippen molar-refractivity contribution in [3.8, 4) is 0 Å². The van der Waals surface area contributed by atoms with E-state index in [0.717, 1.165) is 18.4 Å². The van der Waals surface area contributed by atoms with Gasteiger partial charge in [0.2, 0.25) is 0 Å². The number of hydrogen-bond acceptors (Lipinski definition) is 4. The van der Waals surface area contributed by atoms with Crippen LogP contribution in [0.3, 0.4) is 0 Å². The minimum absolute atomic E-state index is 0.0383. The molecule has 1 heterocycles. The molecule has 0 aliphatic heterocycles. The number of aryl methyl sites for hydroxylation is 1. The quantitative estimate of drug-likeness (QED) is 0.605. The number of Topliss-reactive ketones (excluding diaryl/α,β-unsaturated/α-hetero) is 1. The van der Waals surface area contributed by atoms with Crippen molar-refractivity contribution in [3.05, 3.63) is 65.6 Å². The van der Waals surface area contributed by atoms with Crippen LogP contribution in [0.2, 0.25) is 0 Å². The van der Waals surface area contributed by atoms with E-state index in [2.05, 4.69) is 19.9 Å². The lowest BCUT2D eigenvalue weighted by Gasteiger charge is -2.38. The highest BCUT2D eigenvalue weighted by Gasteiger charge is 2.41. The smallest absolute Gasteiger partial charge is 0.192 e. The van der Waals surface area contributed by atoms with E-state index in [1.807, 2.05) is 13.8 Å². The molecule has 2 aromatic rings. The van der Waals surface area contributed by atoms with Gasteiger partial charge in [-0.05, 0) is 56.2 Å². The molecule has 150 valence electrons. The topological polar surface area (TPSA) is 64.3 Å². The minimum atomic E-state index is -3.87. The maximum Gasteiger partial charge on any atom is 0.192 e. The van der Waals surface area contributed by atoms with E-state index < -0.39 is 15.1 Å². The maximum absolute atomic E-state index is 13.4. The Morgan fingerprint density at radius 3 is 2.43 bits per heavy atom. The van der Waals surface area contributed by atoms with Crippen LogP contribution in [0.5, 0.6) is 0 Å². The number of furan rings is 1. The van der Waals surface area contributed by atoms with Crippen molar-refractivity contribution in [2.45, 2.75) is 57.1 Å². The van der Waals surface area contributed by atoms with Crippen molar-refractivity contribution in [3.63, 3.8) is 0 Å². The second-order valence-electron chi connectivity index (χ2n) is 8.49. The SMILES string of the molecule is CC1=CCCC(C)(C)C1CC(=O)C(c1ccoc1)S(=O)(=O)c1ccc(C)cc1. The molecule has 1 aromatic carbocycles. The number of allylic oxidation sites excluding steroid dienone is 2. The van der Waals surface area contributed by atoms with E-state index >= 15 is 0 Å². The second kappa shape index (κ2) is 7.70. The molecule has 3 rings (SSSR count). The predicted octanol–water partition coefficient (Wildman–Crippen LogP) is 5.44. The molecule has 1 aliphatic rings. The highest BCUT2D eigenvalue weighted by Crippen LogP contribution is 2.44. The summed E-state index contributed by atoms with van der Waals surface area (Å²) >= 11 is 0. The molecular weight excluding hydrogens is 372 g/mol. The van der Waals surface area contributed by atoms with Gasteiger partial charge in [-0.3, -0.25) is 4.79 Å². The summed E-state index contributed by atoms with van der Waals surface area (Å²) in [6, 6.07) is 8.21. The van der Waals surface area contributed by atoms with Crippen LogP contribution in [0.4, 0.5) is 0 Å². The van der Waals surface area contributed by atoms with Gasteiger partial charge in [-0.15, -0.1) is 0 Å². The molecule has 1 aliphatic carbocycles. The highest BCUT2D eigenvalue weighted by molar-refractivity contribution is 7.92. The van der Waals surface area contributed by atoms with Gasteiger partial charge in [0, 0.05) is 12.0 Å². The summed E-state index contributed by atoms with van der Waals surface area (Å²) in [5, 5.41) is -1.25. The first-order chi connectivity index (χ1) is 13.1. The van der Waals surface area contributed by atoms with Gasteiger partial charge in [-0.2, -0.15) is 0 Å². The van der Waals surface area contributed by atoms with Gasteiger partial charge < -0.3 is 4.42 Å². The van der Waals surface area contributed by atoms with Crippen LogP contribution in [0, 0.1) is 18.3 Å². The zero-order valence-electron chi connectivity index (χ0n) is 16.9. The fourth-order valence-electron chi connectivity index (χ4n) is 4.18. The zero-order valence-corrected chi connectivity index (χ0v) is 17.8. The predicted molar refractivity (Wildman–Crippen MR) is 110 cm³/mol. The Morgan fingerprint density at radius 2 is 1.86 bits per heavy atom. The Labute approximate surface area is 167 Å². The Morgan fingerprint density at radius 1 is 1.18 bits per heavy atom. The van der Waals surface area contributed by atoms with Crippen molar-refractivity contribution >= 4 is 15.6 Å². The summed E-state index contributed by atoms with van der Waals surface area (Å²) in [4.78, 5) is 13.5. The molecule has 4 nitrogen and oxygen atoms in total. The van der Waals surface area contributed by atoms with E-state index in [0.29, 0.717) is 5.56 Å². The van der Waals surface area contributed by atoms with Crippen LogP contribution < -0.4 is 0 Å². The lowest BCUT2D eigenvalue weighted by molar-refractivity contribution is -0.120. The molecule has 0 N–H and O–H groups in total. The first-order valence-corrected chi connectivity index (χ1v) is 11.2. The molecule has 1 aromatic heterocycles. The number of rotatable bonds is 6. The summed E-state index contributed by atoms with van der Waals surface area (Å²) in [6.07, 6.45) is 7.14. The van der Waals surface area contributed by atoms with Crippen molar-refractivity contribution in [2.75, 3.05) is 0 Å². The van der Waals surface area contributed by atoms with Gasteiger partial charge in [-0.1, -0.05) is 43.2 Å². The van der Waals surface area contributed by atoms with Gasteiger partial charge >= 0.3 is 0 Å². The number of carbonyl (C=O) groups is 1. The van der Waals surface area contributed by atoms with Gasteiger partial charge in [0.1, 0.15) is 0 Å². The monoisotopic (exact) mass is 400 g/mol. The molecule has 0 spiro atoms. The molecule has 0 saturated carbocycles. The van der Waals surface area contributed by atoms with Crippen molar-refractivity contribution in [1.29, 1.82) is 0 Å². The Kier molecular flexibility index (Phi) is 5.67. The normalized spacial score (nSPS) is 20.4. The molecule has 2 unspecified atom stereocenters. The van der Waals surface area contributed by atoms with Crippen LogP contribution in [-0.2, 0) is 14.6 Å². The third-order valence-corrected chi connectivity index (χ3v) is 8.04. The van der Waals surface area contributed by atoms with Crippen molar-refractivity contribution in [2.24, 2.45) is 11.3 Å². The fraction of sp³-hybridized carbons (Fsp3) is 0.435. The lowest BCUT2D eigenvalue weighted by Crippen LogP contribution is -2.32. The summed E-state index contributed by atoms with van der Waals surface area (Å²) in [5.74, 6) is -0.244. The highest BCUT2D eigenvalue weighted by atomic mass is 32.2. The molecule has 0 saturated heterocycles. The van der Waals surface area contributed by atoms with Crippen molar-refractivity contribution < 1.29 is 17.6 Å². The van der Waals surface area contributed by atoms with E-state index in [9.17, 15) is 13.2 Å². The van der Waals surface area contributed by atoms with Crippen LogP contribution >= 0.6 is 0 Å². The van der Waals surface area contributed by atoms with Crippen LogP contribution in [-0.4, -0.2) is 14.2 Å². The van der Waals surface area contributed by atoms with Gasteiger partial charge in [0.15, 0.2) is 20.9 Å². The molecule has 0 fully saturated rings. The Bertz CT molecular complexity index is 964. The van der Waals surface area contributed by atoms with E-state index in [-0.39, 0.29) is 28.4 Å². The number of ketones is 1. The van der Waals surface area contributed by atoms with Crippen LogP contribution in [0.1, 0.15) is 56.4 Å². The van der Waals surface area contributed by atoms with Gasteiger partial charge in [0.05, 0.1) is 17.4 Å². The second-order valence-corrected chi connectivity index (χ2v) is 10.5.